The van der Waals surface area contributed by atoms with E-state index in [9.17, 15) is 22.0 Å². The Morgan fingerprint density at radius 1 is 1.41 bits per heavy atom. The van der Waals surface area contributed by atoms with Gasteiger partial charge in [0.25, 0.3) is 0 Å². The smallest absolute Gasteiger partial charge is 0.455 e. The van der Waals surface area contributed by atoms with E-state index in [2.05, 4.69) is 9.84 Å². The maximum atomic E-state index is 13.1. The van der Waals surface area contributed by atoms with Gasteiger partial charge in [0, 0.05) is 6.54 Å². The molecule has 0 radical (unpaired) electrons. The van der Waals surface area contributed by atoms with Crippen LogP contribution in [-0.4, -0.2) is 35.5 Å². The molecule has 2 N–H and O–H groups in total. The first-order valence-corrected chi connectivity index (χ1v) is 4.46. The van der Waals surface area contributed by atoms with Crippen LogP contribution < -0.4 is 10.5 Å². The summed E-state index contributed by atoms with van der Waals surface area (Å²) in [6.45, 7) is -0.905. The molecule has 0 saturated carbocycles. The molecule has 1 unspecified atom stereocenters. The average Bonchev–Trinajstić information content (AvgIpc) is 2.65. The van der Waals surface area contributed by atoms with Crippen molar-refractivity contribution in [3.05, 3.63) is 12.4 Å². The lowest BCUT2D eigenvalue weighted by molar-refractivity contribution is -0.298. The fraction of sp³-hybridized carbons (Fsp3) is 0.625. The first-order chi connectivity index (χ1) is 7.74. The highest BCUT2D eigenvalue weighted by molar-refractivity contribution is 5.12. The van der Waals surface area contributed by atoms with Crippen molar-refractivity contribution < 1.29 is 26.7 Å². The van der Waals surface area contributed by atoms with Gasteiger partial charge in [0.15, 0.2) is 5.75 Å². The molecule has 1 heterocycles. The third-order valence-electron chi connectivity index (χ3n) is 2.15. The molecule has 0 fully saturated rings. The minimum atomic E-state index is -5.68. The van der Waals surface area contributed by atoms with Crippen molar-refractivity contribution in [2.75, 3.05) is 13.7 Å². The summed E-state index contributed by atoms with van der Waals surface area (Å²) in [6.07, 6.45) is -3.73. The van der Waals surface area contributed by atoms with Gasteiger partial charge >= 0.3 is 12.1 Å². The largest absolute Gasteiger partial charge is 0.493 e. The van der Waals surface area contributed by atoms with Crippen LogP contribution in [0.4, 0.5) is 22.0 Å². The van der Waals surface area contributed by atoms with Crippen molar-refractivity contribution in [1.82, 2.24) is 9.78 Å². The third kappa shape index (κ3) is 2.48. The van der Waals surface area contributed by atoms with Crippen molar-refractivity contribution in [1.29, 1.82) is 0 Å². The minimum Gasteiger partial charge on any atom is -0.493 e. The number of halogens is 5. The summed E-state index contributed by atoms with van der Waals surface area (Å²) in [5.41, 5.74) is 4.96. The highest BCUT2D eigenvalue weighted by Gasteiger charge is 2.63. The Hall–Kier alpha value is -1.38. The molecule has 1 aromatic heterocycles. The molecule has 0 aromatic carbocycles. The molecule has 0 bridgehead atoms. The number of hydrogen-bond acceptors (Lipinski definition) is 3. The van der Waals surface area contributed by atoms with E-state index < -0.39 is 24.7 Å². The summed E-state index contributed by atoms with van der Waals surface area (Å²) in [5, 5.41) is 3.37. The van der Waals surface area contributed by atoms with Gasteiger partial charge in [-0.3, -0.25) is 4.68 Å². The topological polar surface area (TPSA) is 53.1 Å². The summed E-state index contributed by atoms with van der Waals surface area (Å²) in [4.78, 5) is 0. The molecule has 0 amide bonds. The molecule has 0 aliphatic heterocycles. The van der Waals surface area contributed by atoms with E-state index in [0.29, 0.717) is 4.68 Å². The number of methoxy groups -OCH3 is 1. The lowest BCUT2D eigenvalue weighted by Gasteiger charge is -2.27. The van der Waals surface area contributed by atoms with Crippen LogP contribution in [0.2, 0.25) is 0 Å². The highest BCUT2D eigenvalue weighted by atomic mass is 19.4. The SMILES string of the molecule is COc1cnn(C(CN)C(F)(F)C(F)(F)F)c1. The maximum Gasteiger partial charge on any atom is 0.455 e. The number of ether oxygens (including phenoxy) is 1. The van der Waals surface area contributed by atoms with Crippen molar-refractivity contribution in [2.45, 2.75) is 18.1 Å². The zero-order valence-corrected chi connectivity index (χ0v) is 8.71. The molecule has 17 heavy (non-hydrogen) atoms. The van der Waals surface area contributed by atoms with Crippen LogP contribution in [0.15, 0.2) is 12.4 Å². The van der Waals surface area contributed by atoms with E-state index >= 15 is 0 Å². The number of hydrogen-bond donors (Lipinski definition) is 1. The van der Waals surface area contributed by atoms with Crippen molar-refractivity contribution in [3.8, 4) is 5.75 Å². The summed E-state index contributed by atoms with van der Waals surface area (Å²) in [7, 11) is 1.24. The second-order valence-electron chi connectivity index (χ2n) is 3.23. The number of alkyl halides is 5. The summed E-state index contributed by atoms with van der Waals surface area (Å²) in [6, 6.07) is -2.30. The maximum absolute atomic E-state index is 13.1. The van der Waals surface area contributed by atoms with Crippen molar-refractivity contribution in [3.63, 3.8) is 0 Å². The van der Waals surface area contributed by atoms with Gasteiger partial charge in [-0.1, -0.05) is 0 Å². The molecular weight excluding hydrogens is 249 g/mol. The summed E-state index contributed by atoms with van der Waals surface area (Å²) < 4.78 is 67.8. The van der Waals surface area contributed by atoms with Crippen LogP contribution in [0.5, 0.6) is 5.75 Å². The standard InChI is InChI=1S/C8H10F5N3O/c1-17-5-3-15-16(4-5)6(2-14)7(9,10)8(11,12)13/h3-4,6H,2,14H2,1H3. The van der Waals surface area contributed by atoms with Gasteiger partial charge in [-0.25, -0.2) is 0 Å². The fourth-order valence-corrected chi connectivity index (χ4v) is 1.21. The first-order valence-electron chi connectivity index (χ1n) is 4.46. The van der Waals surface area contributed by atoms with E-state index in [-0.39, 0.29) is 5.75 Å². The molecule has 1 aromatic rings. The van der Waals surface area contributed by atoms with Gasteiger partial charge in [-0.2, -0.15) is 27.1 Å². The summed E-state index contributed by atoms with van der Waals surface area (Å²) >= 11 is 0. The van der Waals surface area contributed by atoms with E-state index in [1.165, 1.54) is 7.11 Å². The fourth-order valence-electron chi connectivity index (χ4n) is 1.21. The van der Waals surface area contributed by atoms with Gasteiger partial charge in [0.1, 0.15) is 6.04 Å². The van der Waals surface area contributed by atoms with Crippen molar-refractivity contribution >= 4 is 0 Å². The number of rotatable bonds is 4. The van der Waals surface area contributed by atoms with Crippen LogP contribution in [-0.2, 0) is 0 Å². The number of aromatic nitrogens is 2. The molecule has 0 aliphatic carbocycles. The van der Waals surface area contributed by atoms with Crippen LogP contribution in [0.3, 0.4) is 0 Å². The number of nitrogens with zero attached hydrogens (tertiary/aromatic N) is 2. The second kappa shape index (κ2) is 4.47. The van der Waals surface area contributed by atoms with Gasteiger partial charge in [0.2, 0.25) is 0 Å². The molecule has 4 nitrogen and oxygen atoms in total. The van der Waals surface area contributed by atoms with Crippen LogP contribution in [0, 0.1) is 0 Å². The monoisotopic (exact) mass is 259 g/mol. The molecule has 0 spiro atoms. The number of nitrogens with two attached hydrogens (primary N) is 1. The molecular formula is C8H10F5N3O. The van der Waals surface area contributed by atoms with E-state index in [1.807, 2.05) is 0 Å². The average molecular weight is 259 g/mol. The normalized spacial score (nSPS) is 14.8. The Balaban J connectivity index is 3.07. The third-order valence-corrected chi connectivity index (χ3v) is 2.15. The van der Waals surface area contributed by atoms with Gasteiger partial charge < -0.3 is 10.5 Å². The first kappa shape index (κ1) is 13.7. The van der Waals surface area contributed by atoms with Crippen LogP contribution >= 0.6 is 0 Å². The minimum absolute atomic E-state index is 0.0708. The second-order valence-corrected chi connectivity index (χ2v) is 3.23. The molecule has 0 saturated heterocycles. The zero-order chi connectivity index (χ0) is 13.3. The Morgan fingerprint density at radius 3 is 2.35 bits per heavy atom. The lowest BCUT2D eigenvalue weighted by atomic mass is 10.1. The van der Waals surface area contributed by atoms with E-state index in [0.717, 1.165) is 12.4 Å². The molecule has 98 valence electrons. The van der Waals surface area contributed by atoms with E-state index in [4.69, 9.17) is 5.73 Å². The Bertz CT molecular complexity index is 375. The summed E-state index contributed by atoms with van der Waals surface area (Å²) in [5.74, 6) is -4.89. The Kier molecular flexibility index (Phi) is 3.60. The van der Waals surface area contributed by atoms with Gasteiger partial charge in [-0.05, 0) is 0 Å². The molecule has 1 atom stereocenters. The van der Waals surface area contributed by atoms with Crippen molar-refractivity contribution in [2.24, 2.45) is 5.73 Å². The van der Waals surface area contributed by atoms with Gasteiger partial charge in [0.05, 0.1) is 19.5 Å². The molecule has 9 heteroatoms. The van der Waals surface area contributed by atoms with Gasteiger partial charge in [-0.15, -0.1) is 0 Å². The van der Waals surface area contributed by atoms with Crippen LogP contribution in [0.25, 0.3) is 0 Å². The Labute approximate surface area is 93.1 Å². The Morgan fingerprint density at radius 2 is 2.00 bits per heavy atom. The predicted molar refractivity (Wildman–Crippen MR) is 47.9 cm³/mol. The van der Waals surface area contributed by atoms with E-state index in [1.54, 1.807) is 0 Å². The molecule has 0 aliphatic rings. The van der Waals surface area contributed by atoms with Crippen LogP contribution in [0.1, 0.15) is 6.04 Å². The lowest BCUT2D eigenvalue weighted by Crippen LogP contribution is -2.47. The molecule has 1 rings (SSSR count). The highest BCUT2D eigenvalue weighted by Crippen LogP contribution is 2.43. The quantitative estimate of drug-likeness (QED) is 0.835. The zero-order valence-electron chi connectivity index (χ0n) is 8.71. The predicted octanol–water partition coefficient (Wildman–Crippen LogP) is 1.59.